The molecule has 3 rings (SSSR count). The normalized spacial score (nSPS) is 11.2. The van der Waals surface area contributed by atoms with Crippen LogP contribution in [0.5, 0.6) is 0 Å². The zero-order valence-electron chi connectivity index (χ0n) is 15.3. The van der Waals surface area contributed by atoms with Gasteiger partial charge in [-0.2, -0.15) is 0 Å². The van der Waals surface area contributed by atoms with Gasteiger partial charge in [-0.05, 0) is 68.5 Å². The second-order valence-electron chi connectivity index (χ2n) is 6.06. The maximum atomic E-state index is 13.5. The maximum Gasteiger partial charge on any atom is 0.264 e. The molecule has 1 heterocycles. The standard InChI is InChI=1S/C18H16ClFN4O3S2/c1-10-11(2)23-27-17(10)24-29(25,26)14-6-3-12(4-7-14)21-18(28)22-13-5-8-15(19)16(20)9-13/h3-9,24H,1-2H3,(H2,21,22,28). The van der Waals surface area contributed by atoms with Crippen LogP contribution in [0.1, 0.15) is 11.3 Å². The van der Waals surface area contributed by atoms with E-state index < -0.39 is 15.8 Å². The van der Waals surface area contributed by atoms with Gasteiger partial charge in [0.15, 0.2) is 5.11 Å². The number of anilines is 3. The van der Waals surface area contributed by atoms with Crippen LogP contribution in [0.3, 0.4) is 0 Å². The average molecular weight is 455 g/mol. The first-order chi connectivity index (χ1) is 13.7. The van der Waals surface area contributed by atoms with E-state index in [0.29, 0.717) is 22.6 Å². The van der Waals surface area contributed by atoms with Gasteiger partial charge in [0.1, 0.15) is 5.82 Å². The second-order valence-corrected chi connectivity index (χ2v) is 8.56. The van der Waals surface area contributed by atoms with Gasteiger partial charge in [0, 0.05) is 16.9 Å². The third-order valence-corrected chi connectivity index (χ3v) is 5.84. The third-order valence-electron chi connectivity index (χ3n) is 3.98. The first-order valence-electron chi connectivity index (χ1n) is 8.24. The van der Waals surface area contributed by atoms with E-state index in [1.54, 1.807) is 32.0 Å². The summed E-state index contributed by atoms with van der Waals surface area (Å²) in [5.41, 5.74) is 2.18. The topological polar surface area (TPSA) is 96.3 Å². The lowest BCUT2D eigenvalue weighted by Gasteiger charge is -2.12. The fourth-order valence-electron chi connectivity index (χ4n) is 2.28. The van der Waals surface area contributed by atoms with E-state index >= 15 is 0 Å². The Morgan fingerprint density at radius 1 is 1.10 bits per heavy atom. The van der Waals surface area contributed by atoms with Crippen LogP contribution in [-0.2, 0) is 10.0 Å². The Kier molecular flexibility index (Phi) is 6.06. The van der Waals surface area contributed by atoms with Gasteiger partial charge in [-0.25, -0.2) is 17.5 Å². The van der Waals surface area contributed by atoms with Crippen LogP contribution in [0.15, 0.2) is 51.9 Å². The summed E-state index contributed by atoms with van der Waals surface area (Å²) in [7, 11) is -3.84. The van der Waals surface area contributed by atoms with Gasteiger partial charge in [-0.3, -0.25) is 0 Å². The van der Waals surface area contributed by atoms with Crippen molar-refractivity contribution in [2.45, 2.75) is 18.7 Å². The summed E-state index contributed by atoms with van der Waals surface area (Å²) < 4.78 is 45.8. The Hall–Kier alpha value is -2.69. The Balaban J connectivity index is 1.66. The number of nitrogens with zero attached hydrogens (tertiary/aromatic N) is 1. The molecule has 0 spiro atoms. The highest BCUT2D eigenvalue weighted by molar-refractivity contribution is 7.92. The summed E-state index contributed by atoms with van der Waals surface area (Å²) in [6.07, 6.45) is 0. The van der Waals surface area contributed by atoms with Crippen molar-refractivity contribution in [3.05, 3.63) is 64.6 Å². The number of hydrogen-bond donors (Lipinski definition) is 3. The number of halogens is 2. The number of nitrogens with one attached hydrogen (secondary N) is 3. The number of aryl methyl sites for hydroxylation is 1. The van der Waals surface area contributed by atoms with Gasteiger partial charge < -0.3 is 15.2 Å². The van der Waals surface area contributed by atoms with Crippen molar-refractivity contribution in [2.75, 3.05) is 15.4 Å². The minimum atomic E-state index is -3.84. The van der Waals surface area contributed by atoms with Crippen LogP contribution in [0.2, 0.25) is 5.02 Å². The van der Waals surface area contributed by atoms with Gasteiger partial charge in [0.25, 0.3) is 10.0 Å². The van der Waals surface area contributed by atoms with E-state index in [1.165, 1.54) is 24.3 Å². The lowest BCUT2D eigenvalue weighted by atomic mass is 10.3. The predicted octanol–water partition coefficient (Wildman–Crippen LogP) is 4.69. The summed E-state index contributed by atoms with van der Waals surface area (Å²) in [4.78, 5) is 0.0372. The largest absolute Gasteiger partial charge is 0.337 e. The highest BCUT2D eigenvalue weighted by Crippen LogP contribution is 2.23. The molecule has 2 aromatic carbocycles. The molecule has 3 N–H and O–H groups in total. The van der Waals surface area contributed by atoms with Crippen LogP contribution < -0.4 is 15.4 Å². The molecule has 0 aliphatic rings. The Morgan fingerprint density at radius 3 is 2.31 bits per heavy atom. The number of sulfonamides is 1. The van der Waals surface area contributed by atoms with Gasteiger partial charge in [0.2, 0.25) is 5.88 Å². The molecule has 0 atom stereocenters. The van der Waals surface area contributed by atoms with E-state index in [4.69, 9.17) is 28.3 Å². The first-order valence-corrected chi connectivity index (χ1v) is 10.5. The molecule has 11 heteroatoms. The molecule has 0 saturated heterocycles. The first kappa shape index (κ1) is 21.0. The molecular formula is C18H16ClFN4O3S2. The van der Waals surface area contributed by atoms with Crippen molar-refractivity contribution >= 4 is 56.2 Å². The Morgan fingerprint density at radius 2 is 1.72 bits per heavy atom. The van der Waals surface area contributed by atoms with E-state index in [2.05, 4.69) is 20.5 Å². The quantitative estimate of drug-likeness (QED) is 0.481. The van der Waals surface area contributed by atoms with Gasteiger partial charge >= 0.3 is 0 Å². The molecule has 0 bridgehead atoms. The molecule has 0 amide bonds. The van der Waals surface area contributed by atoms with E-state index in [-0.39, 0.29) is 20.9 Å². The highest BCUT2D eigenvalue weighted by Gasteiger charge is 2.19. The number of aromatic nitrogens is 1. The van der Waals surface area contributed by atoms with Crippen molar-refractivity contribution in [3.63, 3.8) is 0 Å². The van der Waals surface area contributed by atoms with Crippen LogP contribution in [0.4, 0.5) is 21.6 Å². The van der Waals surface area contributed by atoms with E-state index in [0.717, 1.165) is 0 Å². The second kappa shape index (κ2) is 8.36. The maximum absolute atomic E-state index is 13.5. The molecular weight excluding hydrogens is 439 g/mol. The van der Waals surface area contributed by atoms with Crippen molar-refractivity contribution in [1.29, 1.82) is 0 Å². The fourth-order valence-corrected chi connectivity index (χ4v) is 3.68. The SMILES string of the molecule is Cc1noc(NS(=O)(=O)c2ccc(NC(=S)Nc3ccc(Cl)c(F)c3)cc2)c1C. The minimum Gasteiger partial charge on any atom is -0.337 e. The molecule has 3 aromatic rings. The molecule has 0 radical (unpaired) electrons. The van der Waals surface area contributed by atoms with E-state index in [9.17, 15) is 12.8 Å². The smallest absolute Gasteiger partial charge is 0.264 e. The van der Waals surface area contributed by atoms with Crippen LogP contribution in [-0.4, -0.2) is 18.7 Å². The van der Waals surface area contributed by atoms with Crippen LogP contribution in [0, 0.1) is 19.7 Å². The summed E-state index contributed by atoms with van der Waals surface area (Å²) >= 11 is 10.8. The summed E-state index contributed by atoms with van der Waals surface area (Å²) in [5.74, 6) is -0.496. The Labute approximate surface area is 177 Å². The lowest BCUT2D eigenvalue weighted by Crippen LogP contribution is -2.19. The number of hydrogen-bond acceptors (Lipinski definition) is 5. The average Bonchev–Trinajstić information content (AvgIpc) is 2.97. The molecule has 1 aromatic heterocycles. The molecule has 0 fully saturated rings. The van der Waals surface area contributed by atoms with Crippen molar-refractivity contribution < 1.29 is 17.3 Å². The molecule has 29 heavy (non-hydrogen) atoms. The number of benzene rings is 2. The van der Waals surface area contributed by atoms with Crippen molar-refractivity contribution in [2.24, 2.45) is 0 Å². The monoisotopic (exact) mass is 454 g/mol. The molecule has 0 aliphatic carbocycles. The van der Waals surface area contributed by atoms with Gasteiger partial charge in [-0.1, -0.05) is 16.8 Å². The summed E-state index contributed by atoms with van der Waals surface area (Å²) in [5, 5.41) is 9.64. The highest BCUT2D eigenvalue weighted by atomic mass is 35.5. The molecule has 0 unspecified atom stereocenters. The molecule has 0 saturated carbocycles. The summed E-state index contributed by atoms with van der Waals surface area (Å²) in [6, 6.07) is 10.1. The lowest BCUT2D eigenvalue weighted by molar-refractivity contribution is 0.430. The minimum absolute atomic E-state index is 0.00974. The fraction of sp³-hybridized carbons (Fsp3) is 0.111. The zero-order valence-corrected chi connectivity index (χ0v) is 17.7. The van der Waals surface area contributed by atoms with Crippen molar-refractivity contribution in [3.8, 4) is 0 Å². The number of thiocarbonyl (C=S) groups is 1. The molecule has 7 nitrogen and oxygen atoms in total. The van der Waals surface area contributed by atoms with Gasteiger partial charge in [-0.15, -0.1) is 0 Å². The van der Waals surface area contributed by atoms with E-state index in [1.807, 2.05) is 0 Å². The third kappa shape index (κ3) is 5.03. The Bertz CT molecular complexity index is 1160. The molecule has 0 aliphatic heterocycles. The van der Waals surface area contributed by atoms with Crippen LogP contribution >= 0.6 is 23.8 Å². The van der Waals surface area contributed by atoms with Crippen LogP contribution in [0.25, 0.3) is 0 Å². The predicted molar refractivity (Wildman–Crippen MR) is 114 cm³/mol. The molecule has 152 valence electrons. The number of rotatable bonds is 5. The summed E-state index contributed by atoms with van der Waals surface area (Å²) in [6.45, 7) is 3.42. The van der Waals surface area contributed by atoms with Gasteiger partial charge in [0.05, 0.1) is 15.6 Å². The zero-order chi connectivity index (χ0) is 21.2. The van der Waals surface area contributed by atoms with Crippen molar-refractivity contribution in [1.82, 2.24) is 5.16 Å².